The Morgan fingerprint density at radius 3 is 2.57 bits per heavy atom. The fourth-order valence-corrected chi connectivity index (χ4v) is 3.34. The molecule has 1 aromatic rings. The monoisotopic (exact) mass is 287 g/mol. The van der Waals surface area contributed by atoms with Crippen molar-refractivity contribution in [2.45, 2.75) is 25.8 Å². The van der Waals surface area contributed by atoms with Crippen molar-refractivity contribution in [2.24, 2.45) is 0 Å². The van der Waals surface area contributed by atoms with Crippen LogP contribution in [0.5, 0.6) is 0 Å². The number of rotatable bonds is 3. The first kappa shape index (κ1) is 14.5. The number of hydrogen-bond acceptors (Lipinski definition) is 3. The van der Waals surface area contributed by atoms with Gasteiger partial charge in [-0.05, 0) is 30.5 Å². The molecule has 2 heterocycles. The third-order valence-corrected chi connectivity index (χ3v) is 4.73. The summed E-state index contributed by atoms with van der Waals surface area (Å²) < 4.78 is 0. The maximum Gasteiger partial charge on any atom is 0.253 e. The summed E-state index contributed by atoms with van der Waals surface area (Å²) in [4.78, 5) is 17.1. The summed E-state index contributed by atoms with van der Waals surface area (Å²) in [6.45, 7) is 8.27. The highest BCUT2D eigenvalue weighted by atomic mass is 16.2. The van der Waals surface area contributed by atoms with Crippen molar-refractivity contribution in [1.82, 2.24) is 15.1 Å². The molecule has 3 rings (SSSR count). The molecule has 2 fully saturated rings. The van der Waals surface area contributed by atoms with Crippen LogP contribution >= 0.6 is 0 Å². The first-order valence-electron chi connectivity index (χ1n) is 8.11. The third-order valence-electron chi connectivity index (χ3n) is 4.73. The van der Waals surface area contributed by atoms with E-state index < -0.39 is 0 Å². The molecule has 0 radical (unpaired) electrons. The SMILES string of the molecule is CCc1ccc(C(=O)N2CCC(N3CCNCC3)C2)cc1. The van der Waals surface area contributed by atoms with E-state index in [1.54, 1.807) is 0 Å². The third kappa shape index (κ3) is 3.27. The summed E-state index contributed by atoms with van der Waals surface area (Å²) in [5.74, 6) is 0.190. The number of hydrogen-bond donors (Lipinski definition) is 1. The number of likely N-dealkylation sites (tertiary alicyclic amines) is 1. The Morgan fingerprint density at radius 2 is 1.90 bits per heavy atom. The first-order chi connectivity index (χ1) is 10.3. The summed E-state index contributed by atoms with van der Waals surface area (Å²) in [5.41, 5.74) is 2.11. The highest BCUT2D eigenvalue weighted by molar-refractivity contribution is 5.94. The van der Waals surface area contributed by atoms with Gasteiger partial charge in [0.2, 0.25) is 0 Å². The second-order valence-corrected chi connectivity index (χ2v) is 6.03. The first-order valence-corrected chi connectivity index (χ1v) is 8.11. The van der Waals surface area contributed by atoms with Crippen molar-refractivity contribution in [3.05, 3.63) is 35.4 Å². The zero-order chi connectivity index (χ0) is 14.7. The molecule has 0 spiro atoms. The van der Waals surface area contributed by atoms with Gasteiger partial charge in [-0.25, -0.2) is 0 Å². The van der Waals surface area contributed by atoms with Crippen LogP contribution in [0.2, 0.25) is 0 Å². The molecule has 1 aromatic carbocycles. The predicted octanol–water partition coefficient (Wildman–Crippen LogP) is 1.37. The van der Waals surface area contributed by atoms with E-state index in [4.69, 9.17) is 0 Å². The number of carbonyl (C=O) groups excluding carboxylic acids is 1. The lowest BCUT2D eigenvalue weighted by atomic mass is 10.1. The highest BCUT2D eigenvalue weighted by Crippen LogP contribution is 2.19. The van der Waals surface area contributed by atoms with Gasteiger partial charge in [0.25, 0.3) is 5.91 Å². The van der Waals surface area contributed by atoms with Crippen molar-refractivity contribution in [3.63, 3.8) is 0 Å². The average molecular weight is 287 g/mol. The number of carbonyl (C=O) groups is 1. The minimum absolute atomic E-state index is 0.190. The second kappa shape index (κ2) is 6.58. The van der Waals surface area contributed by atoms with E-state index in [0.29, 0.717) is 6.04 Å². The lowest BCUT2D eigenvalue weighted by Crippen LogP contribution is -2.49. The molecule has 1 N–H and O–H groups in total. The van der Waals surface area contributed by atoms with E-state index >= 15 is 0 Å². The summed E-state index contributed by atoms with van der Waals surface area (Å²) in [5, 5.41) is 3.39. The number of nitrogens with zero attached hydrogens (tertiary/aromatic N) is 2. The Balaban J connectivity index is 1.60. The molecule has 2 aliphatic rings. The molecule has 114 valence electrons. The Kier molecular flexibility index (Phi) is 4.56. The summed E-state index contributed by atoms with van der Waals surface area (Å²) in [6.07, 6.45) is 2.13. The Morgan fingerprint density at radius 1 is 1.19 bits per heavy atom. The number of aryl methyl sites for hydroxylation is 1. The number of nitrogens with one attached hydrogen (secondary N) is 1. The van der Waals surface area contributed by atoms with Gasteiger partial charge < -0.3 is 10.2 Å². The minimum atomic E-state index is 0.190. The lowest BCUT2D eigenvalue weighted by Gasteiger charge is -2.32. The molecule has 4 nitrogen and oxygen atoms in total. The maximum atomic E-state index is 12.6. The highest BCUT2D eigenvalue weighted by Gasteiger charge is 2.31. The molecule has 0 aliphatic carbocycles. The van der Waals surface area contributed by atoms with Gasteiger partial charge in [0, 0.05) is 50.9 Å². The summed E-state index contributed by atoms with van der Waals surface area (Å²) in [7, 11) is 0. The van der Waals surface area contributed by atoms with Crippen LogP contribution in [0, 0.1) is 0 Å². The van der Waals surface area contributed by atoms with Crippen LogP contribution in [-0.4, -0.2) is 61.0 Å². The van der Waals surface area contributed by atoms with Crippen molar-refractivity contribution in [1.29, 1.82) is 0 Å². The number of benzene rings is 1. The zero-order valence-corrected chi connectivity index (χ0v) is 12.8. The molecule has 0 saturated carbocycles. The molecular weight excluding hydrogens is 262 g/mol. The van der Waals surface area contributed by atoms with Gasteiger partial charge in [-0.1, -0.05) is 19.1 Å². The van der Waals surface area contributed by atoms with E-state index in [1.165, 1.54) is 5.56 Å². The lowest BCUT2D eigenvalue weighted by molar-refractivity contribution is 0.0773. The molecule has 0 bridgehead atoms. The van der Waals surface area contributed by atoms with Gasteiger partial charge in [-0.2, -0.15) is 0 Å². The molecule has 1 amide bonds. The average Bonchev–Trinajstić information content (AvgIpc) is 3.05. The van der Waals surface area contributed by atoms with Crippen LogP contribution in [0.4, 0.5) is 0 Å². The Bertz CT molecular complexity index is 479. The molecule has 4 heteroatoms. The van der Waals surface area contributed by atoms with Crippen LogP contribution in [0.25, 0.3) is 0 Å². The van der Waals surface area contributed by atoms with Gasteiger partial charge in [-0.15, -0.1) is 0 Å². The standard InChI is InChI=1S/C17H25N3O/c1-2-14-3-5-15(6-4-14)17(21)20-10-7-16(13-20)19-11-8-18-9-12-19/h3-6,16,18H,2,7-13H2,1H3. The maximum absolute atomic E-state index is 12.6. The van der Waals surface area contributed by atoms with Crippen LogP contribution < -0.4 is 5.32 Å². The largest absolute Gasteiger partial charge is 0.337 e. The smallest absolute Gasteiger partial charge is 0.253 e. The summed E-state index contributed by atoms with van der Waals surface area (Å²) >= 11 is 0. The van der Waals surface area contributed by atoms with E-state index in [0.717, 1.165) is 57.7 Å². The van der Waals surface area contributed by atoms with Crippen LogP contribution in [0.1, 0.15) is 29.3 Å². The van der Waals surface area contributed by atoms with E-state index in [9.17, 15) is 4.79 Å². The van der Waals surface area contributed by atoms with Gasteiger partial charge in [0.05, 0.1) is 0 Å². The van der Waals surface area contributed by atoms with Gasteiger partial charge in [-0.3, -0.25) is 9.69 Å². The molecule has 21 heavy (non-hydrogen) atoms. The normalized spacial score (nSPS) is 23.5. The predicted molar refractivity (Wildman–Crippen MR) is 84.6 cm³/mol. The molecular formula is C17H25N3O. The van der Waals surface area contributed by atoms with Gasteiger partial charge in [0.15, 0.2) is 0 Å². The quantitative estimate of drug-likeness (QED) is 0.912. The molecule has 2 aliphatic heterocycles. The van der Waals surface area contributed by atoms with Gasteiger partial charge >= 0.3 is 0 Å². The fourth-order valence-electron chi connectivity index (χ4n) is 3.34. The van der Waals surface area contributed by atoms with Crippen molar-refractivity contribution < 1.29 is 4.79 Å². The van der Waals surface area contributed by atoms with Crippen LogP contribution in [-0.2, 0) is 6.42 Å². The van der Waals surface area contributed by atoms with Crippen molar-refractivity contribution >= 4 is 5.91 Å². The van der Waals surface area contributed by atoms with E-state index in [2.05, 4.69) is 29.3 Å². The van der Waals surface area contributed by atoms with Crippen molar-refractivity contribution in [3.8, 4) is 0 Å². The number of amides is 1. The Hall–Kier alpha value is -1.39. The van der Waals surface area contributed by atoms with E-state index in [1.807, 2.05) is 17.0 Å². The Labute approximate surface area is 127 Å². The van der Waals surface area contributed by atoms with Crippen LogP contribution in [0.15, 0.2) is 24.3 Å². The molecule has 2 saturated heterocycles. The van der Waals surface area contributed by atoms with Gasteiger partial charge in [0.1, 0.15) is 0 Å². The summed E-state index contributed by atoms with van der Waals surface area (Å²) in [6, 6.07) is 8.62. The van der Waals surface area contributed by atoms with Crippen LogP contribution in [0.3, 0.4) is 0 Å². The second-order valence-electron chi connectivity index (χ2n) is 6.03. The van der Waals surface area contributed by atoms with Crippen molar-refractivity contribution in [2.75, 3.05) is 39.3 Å². The topological polar surface area (TPSA) is 35.6 Å². The molecule has 1 atom stereocenters. The fraction of sp³-hybridized carbons (Fsp3) is 0.588. The molecule has 1 unspecified atom stereocenters. The molecule has 0 aromatic heterocycles. The number of piperazine rings is 1. The zero-order valence-electron chi connectivity index (χ0n) is 12.8. The minimum Gasteiger partial charge on any atom is -0.337 e. The van der Waals surface area contributed by atoms with E-state index in [-0.39, 0.29) is 5.91 Å².